The second-order valence-corrected chi connectivity index (χ2v) is 8.73. The largest absolute Gasteiger partial charge is 0.357 e. The van der Waals surface area contributed by atoms with E-state index in [4.69, 9.17) is 0 Å². The number of likely N-dealkylation sites (N-methyl/N-ethyl adjacent to an activating group) is 2. The van der Waals surface area contributed by atoms with Crippen LogP contribution in [0.25, 0.3) is 11.4 Å². The molecule has 1 aromatic carbocycles. The maximum Gasteiger partial charge on any atom is 0.272 e. The van der Waals surface area contributed by atoms with E-state index in [0.29, 0.717) is 5.69 Å². The van der Waals surface area contributed by atoms with Crippen molar-refractivity contribution in [3.8, 4) is 11.4 Å². The summed E-state index contributed by atoms with van der Waals surface area (Å²) >= 11 is 0. The van der Waals surface area contributed by atoms with Gasteiger partial charge in [0.2, 0.25) is 5.91 Å². The molecule has 7 heteroatoms. The second kappa shape index (κ2) is 9.22. The fraction of sp³-hybridized carbons (Fsp3) is 0.500. The number of benzene rings is 1. The van der Waals surface area contributed by atoms with Crippen molar-refractivity contribution >= 4 is 11.8 Å². The van der Waals surface area contributed by atoms with Gasteiger partial charge in [0, 0.05) is 18.3 Å². The highest BCUT2D eigenvalue weighted by molar-refractivity contribution is 5.97. The topological polar surface area (TPSA) is 80.5 Å². The van der Waals surface area contributed by atoms with Crippen molar-refractivity contribution in [1.82, 2.24) is 20.2 Å². The monoisotopic (exact) mass is 400 g/mol. The van der Waals surface area contributed by atoms with E-state index in [0.717, 1.165) is 30.2 Å². The number of carbonyl (C=O) groups is 2. The molecule has 0 aliphatic rings. The fourth-order valence-corrected chi connectivity index (χ4v) is 3.18. The standard InChI is InChI=1S/C22H33N5O2/c1-15-17(20(28)25-18(21(29)23-5)22(2,3)4)24-19(16-11-9-8-10-12-16)27(15)14-13-26(6)7/h8-12,18H,13-14H2,1-7H3,(H,23,29)(H,25,28)/p+1. The van der Waals surface area contributed by atoms with Gasteiger partial charge in [-0.05, 0) is 12.3 Å². The minimum atomic E-state index is -0.657. The number of hydrogen-bond acceptors (Lipinski definition) is 3. The van der Waals surface area contributed by atoms with Crippen molar-refractivity contribution in [1.29, 1.82) is 0 Å². The van der Waals surface area contributed by atoms with Gasteiger partial charge in [-0.15, -0.1) is 0 Å². The minimum Gasteiger partial charge on any atom is -0.357 e. The molecule has 1 aromatic heterocycles. The number of nitrogens with zero attached hydrogens (tertiary/aromatic N) is 2. The highest BCUT2D eigenvalue weighted by Crippen LogP contribution is 2.24. The number of carbonyl (C=O) groups excluding carboxylic acids is 2. The number of hydrogen-bond donors (Lipinski definition) is 3. The zero-order valence-electron chi connectivity index (χ0n) is 18.6. The van der Waals surface area contributed by atoms with Gasteiger partial charge in [0.25, 0.3) is 5.91 Å². The molecule has 29 heavy (non-hydrogen) atoms. The molecule has 0 saturated carbocycles. The predicted molar refractivity (Wildman–Crippen MR) is 115 cm³/mol. The summed E-state index contributed by atoms with van der Waals surface area (Å²) < 4.78 is 2.09. The van der Waals surface area contributed by atoms with Crippen molar-refractivity contribution < 1.29 is 14.5 Å². The fourth-order valence-electron chi connectivity index (χ4n) is 3.18. The third-order valence-electron chi connectivity index (χ3n) is 4.95. The minimum absolute atomic E-state index is 0.220. The Morgan fingerprint density at radius 1 is 1.17 bits per heavy atom. The van der Waals surface area contributed by atoms with Crippen LogP contribution < -0.4 is 15.5 Å². The van der Waals surface area contributed by atoms with Gasteiger partial charge in [-0.25, -0.2) is 4.98 Å². The van der Waals surface area contributed by atoms with Crippen LogP contribution >= 0.6 is 0 Å². The lowest BCUT2D eigenvalue weighted by atomic mass is 9.86. The van der Waals surface area contributed by atoms with Gasteiger partial charge >= 0.3 is 0 Å². The molecule has 7 nitrogen and oxygen atoms in total. The van der Waals surface area contributed by atoms with Gasteiger partial charge in [-0.2, -0.15) is 0 Å². The average Bonchev–Trinajstić information content (AvgIpc) is 3.00. The Bertz CT molecular complexity index is 850. The molecule has 0 fully saturated rings. The molecule has 1 heterocycles. The van der Waals surface area contributed by atoms with Crippen LogP contribution in [0.1, 0.15) is 37.0 Å². The average molecular weight is 401 g/mol. The highest BCUT2D eigenvalue weighted by Gasteiger charge is 2.33. The summed E-state index contributed by atoms with van der Waals surface area (Å²) in [6.45, 7) is 9.33. The van der Waals surface area contributed by atoms with Crippen molar-refractivity contribution in [2.75, 3.05) is 27.7 Å². The van der Waals surface area contributed by atoms with Crippen LogP contribution in [-0.4, -0.2) is 55.1 Å². The molecule has 2 amide bonds. The van der Waals surface area contributed by atoms with E-state index in [1.165, 1.54) is 4.90 Å². The van der Waals surface area contributed by atoms with Crippen LogP contribution in [0.3, 0.4) is 0 Å². The molecule has 3 N–H and O–H groups in total. The summed E-state index contributed by atoms with van der Waals surface area (Å²) in [6.07, 6.45) is 0. The number of rotatable bonds is 7. The molecule has 1 atom stereocenters. The van der Waals surface area contributed by atoms with E-state index in [9.17, 15) is 9.59 Å². The van der Waals surface area contributed by atoms with E-state index in [-0.39, 0.29) is 11.8 Å². The first kappa shape index (κ1) is 22.6. The molecular formula is C22H34N5O2+. The predicted octanol–water partition coefficient (Wildman–Crippen LogP) is 0.894. The van der Waals surface area contributed by atoms with E-state index in [1.807, 2.05) is 58.0 Å². The summed E-state index contributed by atoms with van der Waals surface area (Å²) in [7, 11) is 5.77. The van der Waals surface area contributed by atoms with Crippen LogP contribution in [0.4, 0.5) is 0 Å². The van der Waals surface area contributed by atoms with Crippen molar-refractivity contribution in [3.63, 3.8) is 0 Å². The van der Waals surface area contributed by atoms with E-state index < -0.39 is 11.5 Å². The zero-order chi connectivity index (χ0) is 21.8. The molecule has 1 unspecified atom stereocenters. The Hall–Kier alpha value is -2.67. The zero-order valence-corrected chi connectivity index (χ0v) is 18.6. The first-order chi connectivity index (χ1) is 13.6. The smallest absolute Gasteiger partial charge is 0.272 e. The number of aromatic nitrogens is 2. The van der Waals surface area contributed by atoms with Gasteiger partial charge in [-0.3, -0.25) is 9.59 Å². The Balaban J connectivity index is 2.44. The van der Waals surface area contributed by atoms with Gasteiger partial charge in [-0.1, -0.05) is 51.1 Å². The number of nitrogens with one attached hydrogen (secondary N) is 3. The van der Waals surface area contributed by atoms with E-state index in [1.54, 1.807) is 7.05 Å². The molecule has 0 bridgehead atoms. The number of amides is 2. The summed E-state index contributed by atoms with van der Waals surface area (Å²) in [5.74, 6) is 0.211. The lowest BCUT2D eigenvalue weighted by molar-refractivity contribution is -0.858. The number of imidazole rings is 1. The van der Waals surface area contributed by atoms with Gasteiger partial charge in [0.1, 0.15) is 17.6 Å². The Morgan fingerprint density at radius 2 is 1.79 bits per heavy atom. The van der Waals surface area contributed by atoms with Gasteiger partial charge < -0.3 is 20.1 Å². The van der Waals surface area contributed by atoms with Crippen LogP contribution in [0, 0.1) is 12.3 Å². The number of quaternary nitrogens is 1. The lowest BCUT2D eigenvalue weighted by Crippen LogP contribution is -3.06. The van der Waals surface area contributed by atoms with Crippen LogP contribution in [0.15, 0.2) is 30.3 Å². The molecule has 0 radical (unpaired) electrons. The highest BCUT2D eigenvalue weighted by atomic mass is 16.2. The third kappa shape index (κ3) is 5.44. The molecule has 2 aromatic rings. The molecule has 0 aliphatic carbocycles. The van der Waals surface area contributed by atoms with Crippen molar-refractivity contribution in [2.24, 2.45) is 5.41 Å². The summed E-state index contributed by atoms with van der Waals surface area (Å²) in [5.41, 5.74) is 1.69. The summed E-state index contributed by atoms with van der Waals surface area (Å²) in [4.78, 5) is 31.4. The summed E-state index contributed by atoms with van der Waals surface area (Å²) in [6, 6.07) is 9.20. The normalized spacial score (nSPS) is 12.7. The quantitative estimate of drug-likeness (QED) is 0.646. The third-order valence-corrected chi connectivity index (χ3v) is 4.95. The van der Waals surface area contributed by atoms with Crippen molar-refractivity contribution in [3.05, 3.63) is 41.7 Å². The van der Waals surface area contributed by atoms with Gasteiger partial charge in [0.15, 0.2) is 0 Å². The van der Waals surface area contributed by atoms with E-state index in [2.05, 4.69) is 34.3 Å². The maximum atomic E-state index is 13.1. The molecular weight excluding hydrogens is 366 g/mol. The maximum absolute atomic E-state index is 13.1. The SMILES string of the molecule is CNC(=O)C(NC(=O)c1nc(-c2ccccc2)n(CC[NH+](C)C)c1C)C(C)(C)C. The molecule has 2 rings (SSSR count). The lowest BCUT2D eigenvalue weighted by Gasteiger charge is -2.29. The Kier molecular flexibility index (Phi) is 7.19. The Morgan fingerprint density at radius 3 is 2.31 bits per heavy atom. The van der Waals surface area contributed by atoms with Crippen LogP contribution in [0.5, 0.6) is 0 Å². The van der Waals surface area contributed by atoms with Crippen LogP contribution in [0.2, 0.25) is 0 Å². The van der Waals surface area contributed by atoms with Crippen LogP contribution in [-0.2, 0) is 11.3 Å². The molecule has 0 saturated heterocycles. The van der Waals surface area contributed by atoms with E-state index >= 15 is 0 Å². The second-order valence-electron chi connectivity index (χ2n) is 8.73. The van der Waals surface area contributed by atoms with Crippen molar-refractivity contribution in [2.45, 2.75) is 40.3 Å². The molecule has 0 spiro atoms. The van der Waals surface area contributed by atoms with Gasteiger partial charge in [0.05, 0.1) is 27.2 Å². The summed E-state index contributed by atoms with van der Waals surface area (Å²) in [5, 5.41) is 5.53. The first-order valence-electron chi connectivity index (χ1n) is 10.00. The molecule has 0 aliphatic heterocycles. The first-order valence-corrected chi connectivity index (χ1v) is 10.00. The Labute approximate surface area is 173 Å². The molecule has 158 valence electrons.